The van der Waals surface area contributed by atoms with Crippen molar-refractivity contribution in [3.05, 3.63) is 39.9 Å². The number of alkyl carbamates (subject to hydrolysis) is 1. The monoisotopic (exact) mass is 294 g/mol. The molecule has 6 nitrogen and oxygen atoms in total. The summed E-state index contributed by atoms with van der Waals surface area (Å²) in [4.78, 5) is 21.2. The lowest BCUT2D eigenvalue weighted by atomic mass is 10.1. The number of amides is 1. The molecule has 0 aliphatic heterocycles. The van der Waals surface area contributed by atoms with Gasteiger partial charge in [0.15, 0.2) is 0 Å². The molecule has 0 saturated carbocycles. The van der Waals surface area contributed by atoms with E-state index in [1.165, 1.54) is 0 Å². The average Bonchev–Trinajstić information content (AvgIpc) is 2.47. The van der Waals surface area contributed by atoms with Crippen molar-refractivity contribution < 1.29 is 14.5 Å². The zero-order valence-electron chi connectivity index (χ0n) is 12.3. The fourth-order valence-corrected chi connectivity index (χ4v) is 1.96. The molecule has 1 rings (SSSR count). The van der Waals surface area contributed by atoms with Gasteiger partial charge in [0.05, 0.1) is 11.5 Å². The summed E-state index contributed by atoms with van der Waals surface area (Å²) in [5.41, 5.74) is 1.24. The maximum Gasteiger partial charge on any atom is 0.407 e. The van der Waals surface area contributed by atoms with E-state index in [-0.39, 0.29) is 16.7 Å². The summed E-state index contributed by atoms with van der Waals surface area (Å²) >= 11 is 0. The van der Waals surface area contributed by atoms with Gasteiger partial charge in [0.2, 0.25) is 0 Å². The van der Waals surface area contributed by atoms with E-state index in [0.29, 0.717) is 13.2 Å². The van der Waals surface area contributed by atoms with Crippen LogP contribution in [0, 0.1) is 10.1 Å². The number of ether oxygens (including phenoxy) is 1. The van der Waals surface area contributed by atoms with Gasteiger partial charge in [-0.05, 0) is 31.7 Å². The number of nitrogens with one attached hydrogen (secondary N) is 1. The molecule has 0 fully saturated rings. The van der Waals surface area contributed by atoms with Crippen molar-refractivity contribution in [2.24, 2.45) is 0 Å². The van der Waals surface area contributed by atoms with E-state index < -0.39 is 0 Å². The first kappa shape index (κ1) is 16.9. The van der Waals surface area contributed by atoms with E-state index in [4.69, 9.17) is 4.74 Å². The Morgan fingerprint density at radius 1 is 1.19 bits per heavy atom. The van der Waals surface area contributed by atoms with Crippen molar-refractivity contribution in [1.82, 2.24) is 5.32 Å². The molecule has 1 amide bonds. The molecular formula is C15H22N2O4. The summed E-state index contributed by atoms with van der Waals surface area (Å²) in [6.07, 6.45) is 4.64. The number of carbonyl (C=O) groups is 1. The lowest BCUT2D eigenvalue weighted by Crippen LogP contribution is -2.25. The lowest BCUT2D eigenvalue weighted by molar-refractivity contribution is -0.384. The Labute approximate surface area is 124 Å². The van der Waals surface area contributed by atoms with Crippen molar-refractivity contribution in [2.75, 3.05) is 13.2 Å². The second-order valence-electron chi connectivity index (χ2n) is 4.74. The summed E-state index contributed by atoms with van der Waals surface area (Å²) in [5.74, 6) is 0. The first-order valence-electron chi connectivity index (χ1n) is 7.27. The minimum atomic E-state index is -0.389. The molecule has 0 saturated heterocycles. The summed E-state index contributed by atoms with van der Waals surface area (Å²) in [5, 5.41) is 13.2. The number of benzene rings is 1. The number of hydrogen-bond donors (Lipinski definition) is 1. The molecule has 0 atom stereocenters. The van der Waals surface area contributed by atoms with Crippen molar-refractivity contribution in [3.63, 3.8) is 0 Å². The van der Waals surface area contributed by atoms with Gasteiger partial charge in [0.1, 0.15) is 0 Å². The quantitative estimate of drug-likeness (QED) is 0.429. The summed E-state index contributed by atoms with van der Waals surface area (Å²) < 4.78 is 4.76. The maximum atomic E-state index is 11.0. The molecule has 116 valence electrons. The molecule has 1 N–H and O–H groups in total. The van der Waals surface area contributed by atoms with Crippen LogP contribution in [0.2, 0.25) is 0 Å². The third-order valence-electron chi connectivity index (χ3n) is 3.08. The van der Waals surface area contributed by atoms with E-state index in [9.17, 15) is 14.9 Å². The fourth-order valence-electron chi connectivity index (χ4n) is 1.96. The van der Waals surface area contributed by atoms with Crippen molar-refractivity contribution >= 4 is 11.8 Å². The molecule has 0 aromatic heterocycles. The molecule has 0 aliphatic rings. The zero-order valence-corrected chi connectivity index (χ0v) is 12.3. The lowest BCUT2D eigenvalue weighted by Gasteiger charge is -2.05. The van der Waals surface area contributed by atoms with Crippen LogP contribution in [-0.2, 0) is 11.2 Å². The highest BCUT2D eigenvalue weighted by molar-refractivity contribution is 5.66. The number of carbonyl (C=O) groups excluding carboxylic acids is 1. The molecule has 1 aromatic rings. The van der Waals surface area contributed by atoms with Gasteiger partial charge in [-0.2, -0.15) is 0 Å². The largest absolute Gasteiger partial charge is 0.450 e. The number of nitro groups is 1. The van der Waals surface area contributed by atoms with Crippen LogP contribution >= 0.6 is 0 Å². The number of rotatable bonds is 9. The molecule has 0 heterocycles. The summed E-state index contributed by atoms with van der Waals surface area (Å²) in [6, 6.07) is 6.69. The first-order valence-corrected chi connectivity index (χ1v) is 7.27. The number of non-ortho nitro benzene ring substituents is 1. The molecule has 0 spiro atoms. The number of aryl methyl sites for hydroxylation is 1. The van der Waals surface area contributed by atoms with Crippen LogP contribution in [0.3, 0.4) is 0 Å². The van der Waals surface area contributed by atoms with Crippen molar-refractivity contribution in [3.8, 4) is 0 Å². The van der Waals surface area contributed by atoms with Crippen LogP contribution in [0.15, 0.2) is 24.3 Å². The molecule has 0 radical (unpaired) electrons. The Hall–Kier alpha value is -2.11. The van der Waals surface area contributed by atoms with E-state index >= 15 is 0 Å². The van der Waals surface area contributed by atoms with Crippen molar-refractivity contribution in [1.29, 1.82) is 0 Å². The van der Waals surface area contributed by atoms with Crippen molar-refractivity contribution in [2.45, 2.75) is 39.0 Å². The van der Waals surface area contributed by atoms with Gasteiger partial charge in [0.25, 0.3) is 5.69 Å². The van der Waals surface area contributed by atoms with E-state index in [1.807, 2.05) is 0 Å². The number of unbranched alkanes of at least 4 members (excludes halogenated alkanes) is 3. The first-order chi connectivity index (χ1) is 10.1. The number of nitro benzene ring substituents is 1. The predicted octanol–water partition coefficient (Wildman–Crippen LogP) is 3.44. The van der Waals surface area contributed by atoms with Gasteiger partial charge < -0.3 is 10.1 Å². The normalized spacial score (nSPS) is 10.1. The van der Waals surface area contributed by atoms with Crippen LogP contribution in [0.4, 0.5) is 10.5 Å². The summed E-state index contributed by atoms with van der Waals surface area (Å²) in [7, 11) is 0. The van der Waals surface area contributed by atoms with Crippen LogP contribution in [0.5, 0.6) is 0 Å². The Morgan fingerprint density at radius 2 is 1.86 bits per heavy atom. The highest BCUT2D eigenvalue weighted by Crippen LogP contribution is 2.14. The molecule has 0 bridgehead atoms. The Morgan fingerprint density at radius 3 is 2.48 bits per heavy atom. The van der Waals surface area contributed by atoms with Gasteiger partial charge in [-0.1, -0.05) is 25.0 Å². The Balaban J connectivity index is 2.06. The van der Waals surface area contributed by atoms with Crippen LogP contribution in [0.1, 0.15) is 38.2 Å². The van der Waals surface area contributed by atoms with E-state index in [1.54, 1.807) is 31.2 Å². The highest BCUT2D eigenvalue weighted by Gasteiger charge is 2.03. The number of hydrogen-bond acceptors (Lipinski definition) is 4. The minimum Gasteiger partial charge on any atom is -0.450 e. The van der Waals surface area contributed by atoms with Crippen LogP contribution in [-0.4, -0.2) is 24.2 Å². The third-order valence-corrected chi connectivity index (χ3v) is 3.08. The molecular weight excluding hydrogens is 272 g/mol. The zero-order chi connectivity index (χ0) is 15.5. The average molecular weight is 294 g/mol. The molecule has 1 aromatic carbocycles. The number of nitrogens with zero attached hydrogens (tertiary/aromatic N) is 1. The predicted molar refractivity (Wildman–Crippen MR) is 80.3 cm³/mol. The molecule has 21 heavy (non-hydrogen) atoms. The van der Waals surface area contributed by atoms with Gasteiger partial charge in [-0.25, -0.2) is 4.79 Å². The second-order valence-corrected chi connectivity index (χ2v) is 4.74. The Kier molecular flexibility index (Phi) is 7.86. The van der Waals surface area contributed by atoms with E-state index in [0.717, 1.165) is 37.7 Å². The second kappa shape index (κ2) is 9.74. The van der Waals surface area contributed by atoms with Crippen LogP contribution < -0.4 is 5.32 Å². The fraction of sp³-hybridized carbons (Fsp3) is 0.533. The van der Waals surface area contributed by atoms with E-state index in [2.05, 4.69) is 5.32 Å². The molecule has 0 aliphatic carbocycles. The SMILES string of the molecule is CCOC(=O)NCCCCCCc1ccc([N+](=O)[O-])cc1. The standard InChI is InChI=1S/C15H22N2O4/c1-2-21-15(18)16-12-6-4-3-5-7-13-8-10-14(11-9-13)17(19)20/h8-11H,2-7,12H2,1H3,(H,16,18). The smallest absolute Gasteiger partial charge is 0.407 e. The van der Waals surface area contributed by atoms with Gasteiger partial charge in [-0.3, -0.25) is 10.1 Å². The maximum absolute atomic E-state index is 11.0. The molecule has 0 unspecified atom stereocenters. The summed E-state index contributed by atoms with van der Waals surface area (Å²) in [6.45, 7) is 2.80. The third kappa shape index (κ3) is 7.29. The minimum absolute atomic E-state index is 0.129. The highest BCUT2D eigenvalue weighted by atomic mass is 16.6. The van der Waals surface area contributed by atoms with Gasteiger partial charge in [-0.15, -0.1) is 0 Å². The molecule has 6 heteroatoms. The van der Waals surface area contributed by atoms with Gasteiger partial charge in [0, 0.05) is 18.7 Å². The van der Waals surface area contributed by atoms with Crippen LogP contribution in [0.25, 0.3) is 0 Å². The van der Waals surface area contributed by atoms with Gasteiger partial charge >= 0.3 is 6.09 Å². The topological polar surface area (TPSA) is 81.5 Å². The Bertz CT molecular complexity index is 445.